The molecule has 3 N–H and O–H groups in total. The van der Waals surface area contributed by atoms with Crippen molar-refractivity contribution in [3.8, 4) is 0 Å². The van der Waals surface area contributed by atoms with E-state index >= 15 is 0 Å². The van der Waals surface area contributed by atoms with Crippen molar-refractivity contribution in [2.75, 3.05) is 6.54 Å². The van der Waals surface area contributed by atoms with Crippen LogP contribution in [-0.2, 0) is 18.4 Å². The van der Waals surface area contributed by atoms with Crippen molar-refractivity contribution in [3.05, 3.63) is 23.0 Å². The first kappa shape index (κ1) is 11.8. The Hall–Kier alpha value is -1.29. The SMILES string of the molecule is Cc1cc(CNCCC(N)=O)c(C)n1C. The average molecular weight is 209 g/mol. The van der Waals surface area contributed by atoms with Crippen LogP contribution in [0.5, 0.6) is 0 Å². The van der Waals surface area contributed by atoms with E-state index in [2.05, 4.69) is 36.8 Å². The molecule has 1 aromatic heterocycles. The van der Waals surface area contributed by atoms with Crippen LogP contribution < -0.4 is 11.1 Å². The molecule has 1 aromatic rings. The summed E-state index contributed by atoms with van der Waals surface area (Å²) in [6.07, 6.45) is 0.394. The van der Waals surface area contributed by atoms with Crippen LogP contribution in [0.2, 0.25) is 0 Å². The van der Waals surface area contributed by atoms with Gasteiger partial charge in [-0.1, -0.05) is 0 Å². The maximum Gasteiger partial charge on any atom is 0.218 e. The minimum Gasteiger partial charge on any atom is -0.370 e. The normalized spacial score (nSPS) is 10.6. The Morgan fingerprint density at radius 2 is 2.20 bits per heavy atom. The monoisotopic (exact) mass is 209 g/mol. The second kappa shape index (κ2) is 4.98. The second-order valence-electron chi connectivity index (χ2n) is 3.85. The van der Waals surface area contributed by atoms with Gasteiger partial charge in [0.25, 0.3) is 0 Å². The predicted octanol–water partition coefficient (Wildman–Crippen LogP) is 0.607. The third-order valence-corrected chi connectivity index (χ3v) is 2.74. The molecule has 0 aliphatic carbocycles. The molecule has 1 rings (SSSR count). The fraction of sp³-hybridized carbons (Fsp3) is 0.545. The number of carbonyl (C=O) groups is 1. The molecule has 84 valence electrons. The van der Waals surface area contributed by atoms with Gasteiger partial charge in [-0.2, -0.15) is 0 Å². The molecule has 0 aromatic carbocycles. The Morgan fingerprint density at radius 1 is 1.53 bits per heavy atom. The van der Waals surface area contributed by atoms with Crippen LogP contribution in [0.25, 0.3) is 0 Å². The van der Waals surface area contributed by atoms with Crippen LogP contribution in [0.4, 0.5) is 0 Å². The maximum absolute atomic E-state index is 10.5. The van der Waals surface area contributed by atoms with Gasteiger partial charge in [-0.3, -0.25) is 4.79 Å². The quantitative estimate of drug-likeness (QED) is 0.698. The number of aryl methyl sites for hydroxylation is 1. The summed E-state index contributed by atoms with van der Waals surface area (Å²) in [6.45, 7) is 5.61. The zero-order valence-corrected chi connectivity index (χ0v) is 9.63. The highest BCUT2D eigenvalue weighted by atomic mass is 16.1. The van der Waals surface area contributed by atoms with Gasteiger partial charge in [-0.25, -0.2) is 0 Å². The van der Waals surface area contributed by atoms with E-state index in [1.807, 2.05) is 0 Å². The predicted molar refractivity (Wildman–Crippen MR) is 60.4 cm³/mol. The lowest BCUT2D eigenvalue weighted by atomic mass is 10.2. The molecule has 15 heavy (non-hydrogen) atoms. The van der Waals surface area contributed by atoms with Crippen LogP contribution in [0.15, 0.2) is 6.07 Å². The smallest absolute Gasteiger partial charge is 0.218 e. The lowest BCUT2D eigenvalue weighted by Crippen LogP contribution is -2.21. The number of aromatic nitrogens is 1. The fourth-order valence-corrected chi connectivity index (χ4v) is 1.55. The molecular weight excluding hydrogens is 190 g/mol. The zero-order chi connectivity index (χ0) is 11.4. The van der Waals surface area contributed by atoms with Crippen LogP contribution in [0, 0.1) is 13.8 Å². The first-order valence-corrected chi connectivity index (χ1v) is 5.13. The maximum atomic E-state index is 10.5. The average Bonchev–Trinajstić information content (AvgIpc) is 2.41. The van der Waals surface area contributed by atoms with Crippen molar-refractivity contribution in [2.24, 2.45) is 12.8 Å². The van der Waals surface area contributed by atoms with E-state index in [0.717, 1.165) is 6.54 Å². The highest BCUT2D eigenvalue weighted by Gasteiger charge is 2.05. The Balaban J connectivity index is 2.44. The molecule has 0 aliphatic heterocycles. The summed E-state index contributed by atoms with van der Waals surface area (Å²) >= 11 is 0. The first-order valence-electron chi connectivity index (χ1n) is 5.13. The van der Waals surface area contributed by atoms with Gasteiger partial charge >= 0.3 is 0 Å². The summed E-state index contributed by atoms with van der Waals surface area (Å²) in [4.78, 5) is 10.5. The Kier molecular flexibility index (Phi) is 3.91. The summed E-state index contributed by atoms with van der Waals surface area (Å²) in [5.41, 5.74) is 8.84. The molecule has 0 fully saturated rings. The van der Waals surface area contributed by atoms with Crippen molar-refractivity contribution < 1.29 is 4.79 Å². The summed E-state index contributed by atoms with van der Waals surface area (Å²) in [6, 6.07) is 2.16. The third kappa shape index (κ3) is 3.09. The number of rotatable bonds is 5. The van der Waals surface area contributed by atoms with Gasteiger partial charge < -0.3 is 15.6 Å². The number of nitrogens with two attached hydrogens (primary N) is 1. The molecule has 4 nitrogen and oxygen atoms in total. The van der Waals surface area contributed by atoms with Crippen LogP contribution in [0.1, 0.15) is 23.4 Å². The van der Waals surface area contributed by atoms with E-state index in [0.29, 0.717) is 13.0 Å². The molecule has 4 heteroatoms. The zero-order valence-electron chi connectivity index (χ0n) is 9.63. The standard InChI is InChI=1S/C11H19N3O/c1-8-6-10(9(2)14(8)3)7-13-5-4-11(12)15/h6,13H,4-5,7H2,1-3H3,(H2,12,15). The summed E-state index contributed by atoms with van der Waals surface area (Å²) in [7, 11) is 2.05. The number of primary amides is 1. The van der Waals surface area contributed by atoms with Gasteiger partial charge in [0.15, 0.2) is 0 Å². The van der Waals surface area contributed by atoms with Gasteiger partial charge in [0, 0.05) is 37.9 Å². The van der Waals surface area contributed by atoms with E-state index in [1.165, 1.54) is 17.0 Å². The topological polar surface area (TPSA) is 60.0 Å². The molecule has 0 saturated heterocycles. The summed E-state index contributed by atoms with van der Waals surface area (Å²) in [5, 5.41) is 3.20. The third-order valence-electron chi connectivity index (χ3n) is 2.74. The largest absolute Gasteiger partial charge is 0.370 e. The Labute approximate surface area is 90.5 Å². The lowest BCUT2D eigenvalue weighted by molar-refractivity contribution is -0.117. The van der Waals surface area contributed by atoms with Gasteiger partial charge in [0.05, 0.1) is 0 Å². The van der Waals surface area contributed by atoms with Gasteiger partial charge in [-0.05, 0) is 25.5 Å². The molecule has 0 radical (unpaired) electrons. The minimum absolute atomic E-state index is 0.261. The number of hydrogen-bond acceptors (Lipinski definition) is 2. The number of hydrogen-bond donors (Lipinski definition) is 2. The van der Waals surface area contributed by atoms with Gasteiger partial charge in [0.1, 0.15) is 0 Å². The van der Waals surface area contributed by atoms with E-state index < -0.39 is 0 Å². The van der Waals surface area contributed by atoms with Crippen molar-refractivity contribution in [2.45, 2.75) is 26.8 Å². The summed E-state index contributed by atoms with van der Waals surface area (Å²) < 4.78 is 2.16. The van der Waals surface area contributed by atoms with E-state index in [4.69, 9.17) is 5.73 Å². The van der Waals surface area contributed by atoms with Crippen LogP contribution in [-0.4, -0.2) is 17.0 Å². The molecule has 0 unspecified atom stereocenters. The van der Waals surface area contributed by atoms with Crippen molar-refractivity contribution in [1.82, 2.24) is 9.88 Å². The summed E-state index contributed by atoms with van der Waals surface area (Å²) in [5.74, 6) is -0.261. The highest BCUT2D eigenvalue weighted by molar-refractivity contribution is 5.73. The van der Waals surface area contributed by atoms with E-state index in [9.17, 15) is 4.79 Å². The Morgan fingerprint density at radius 3 is 2.67 bits per heavy atom. The molecule has 0 spiro atoms. The van der Waals surface area contributed by atoms with Crippen molar-refractivity contribution in [1.29, 1.82) is 0 Å². The molecule has 0 saturated carbocycles. The Bertz CT molecular complexity index is 355. The second-order valence-corrected chi connectivity index (χ2v) is 3.85. The number of nitrogens with one attached hydrogen (secondary N) is 1. The van der Waals surface area contributed by atoms with Crippen molar-refractivity contribution >= 4 is 5.91 Å². The molecule has 1 amide bonds. The van der Waals surface area contributed by atoms with Crippen molar-refractivity contribution in [3.63, 3.8) is 0 Å². The molecule has 0 bridgehead atoms. The number of carbonyl (C=O) groups excluding carboxylic acids is 1. The molecular formula is C11H19N3O. The first-order chi connectivity index (χ1) is 7.02. The highest BCUT2D eigenvalue weighted by Crippen LogP contribution is 2.12. The van der Waals surface area contributed by atoms with E-state index in [-0.39, 0.29) is 5.91 Å². The number of amides is 1. The number of nitrogens with zero attached hydrogens (tertiary/aromatic N) is 1. The van der Waals surface area contributed by atoms with E-state index in [1.54, 1.807) is 0 Å². The molecule has 0 atom stereocenters. The van der Waals surface area contributed by atoms with Gasteiger partial charge in [-0.15, -0.1) is 0 Å². The lowest BCUT2D eigenvalue weighted by Gasteiger charge is -2.04. The van der Waals surface area contributed by atoms with Crippen LogP contribution in [0.3, 0.4) is 0 Å². The molecule has 0 aliphatic rings. The minimum atomic E-state index is -0.261. The van der Waals surface area contributed by atoms with Gasteiger partial charge in [0.2, 0.25) is 5.91 Å². The molecule has 1 heterocycles. The fourth-order valence-electron chi connectivity index (χ4n) is 1.55. The van der Waals surface area contributed by atoms with Crippen LogP contribution >= 0.6 is 0 Å².